The average Bonchev–Trinajstić information content (AvgIpc) is 2.61. The van der Waals surface area contributed by atoms with Crippen LogP contribution in [-0.2, 0) is 11.2 Å². The number of nitrogens with zero attached hydrogens (tertiary/aromatic N) is 1. The lowest BCUT2D eigenvalue weighted by Gasteiger charge is -2.09. The van der Waals surface area contributed by atoms with Crippen LogP contribution < -0.4 is 10.6 Å². The van der Waals surface area contributed by atoms with E-state index >= 15 is 0 Å². The molecular weight excluding hydrogens is 310 g/mol. The number of aromatic nitrogens is 1. The minimum Gasteiger partial charge on any atom is -0.340 e. The SMILES string of the molecule is Cc1ccc(Nc2ccc(NC(=O)Cc3ccccc3C)cn2)cc1. The van der Waals surface area contributed by atoms with Crippen molar-refractivity contribution in [2.45, 2.75) is 20.3 Å². The number of hydrogen-bond donors (Lipinski definition) is 2. The van der Waals surface area contributed by atoms with E-state index in [0.29, 0.717) is 12.1 Å². The Labute approximate surface area is 147 Å². The molecule has 1 amide bonds. The first-order valence-electron chi connectivity index (χ1n) is 8.24. The van der Waals surface area contributed by atoms with Crippen LogP contribution in [0, 0.1) is 13.8 Å². The van der Waals surface area contributed by atoms with E-state index in [1.807, 2.05) is 67.6 Å². The van der Waals surface area contributed by atoms with Gasteiger partial charge < -0.3 is 10.6 Å². The molecular formula is C21H21N3O. The molecule has 0 unspecified atom stereocenters. The van der Waals surface area contributed by atoms with Crippen LogP contribution in [0.4, 0.5) is 17.2 Å². The van der Waals surface area contributed by atoms with Crippen molar-refractivity contribution >= 4 is 23.1 Å². The van der Waals surface area contributed by atoms with E-state index in [1.165, 1.54) is 5.56 Å². The molecule has 1 heterocycles. The van der Waals surface area contributed by atoms with Crippen molar-refractivity contribution in [1.29, 1.82) is 0 Å². The molecule has 2 aromatic carbocycles. The highest BCUT2D eigenvalue weighted by Gasteiger charge is 2.06. The third-order valence-corrected chi connectivity index (χ3v) is 3.98. The summed E-state index contributed by atoms with van der Waals surface area (Å²) < 4.78 is 0. The Morgan fingerprint density at radius 2 is 1.64 bits per heavy atom. The Morgan fingerprint density at radius 1 is 0.920 bits per heavy atom. The number of carbonyl (C=O) groups is 1. The predicted octanol–water partition coefficient (Wildman–Crippen LogP) is 4.62. The second-order valence-electron chi connectivity index (χ2n) is 6.07. The van der Waals surface area contributed by atoms with E-state index in [-0.39, 0.29) is 5.91 Å². The highest BCUT2D eigenvalue weighted by molar-refractivity contribution is 5.92. The summed E-state index contributed by atoms with van der Waals surface area (Å²) in [4.78, 5) is 16.5. The third kappa shape index (κ3) is 4.67. The first kappa shape index (κ1) is 16.7. The van der Waals surface area contributed by atoms with E-state index in [2.05, 4.69) is 22.5 Å². The first-order valence-corrected chi connectivity index (χ1v) is 8.24. The highest BCUT2D eigenvalue weighted by atomic mass is 16.1. The molecule has 0 fully saturated rings. The second kappa shape index (κ2) is 7.62. The molecule has 3 aromatic rings. The summed E-state index contributed by atoms with van der Waals surface area (Å²) >= 11 is 0. The summed E-state index contributed by atoms with van der Waals surface area (Å²) in [5, 5.41) is 6.12. The van der Waals surface area contributed by atoms with Gasteiger partial charge >= 0.3 is 0 Å². The van der Waals surface area contributed by atoms with Crippen molar-refractivity contribution in [3.05, 3.63) is 83.6 Å². The van der Waals surface area contributed by atoms with Gasteiger partial charge in [-0.3, -0.25) is 4.79 Å². The average molecular weight is 331 g/mol. The van der Waals surface area contributed by atoms with Gasteiger partial charge in [0, 0.05) is 5.69 Å². The lowest BCUT2D eigenvalue weighted by molar-refractivity contribution is -0.115. The van der Waals surface area contributed by atoms with Crippen molar-refractivity contribution in [2.75, 3.05) is 10.6 Å². The summed E-state index contributed by atoms with van der Waals surface area (Å²) in [6, 6.07) is 19.7. The molecule has 0 atom stereocenters. The quantitative estimate of drug-likeness (QED) is 0.717. The number of anilines is 3. The normalized spacial score (nSPS) is 10.3. The summed E-state index contributed by atoms with van der Waals surface area (Å²) in [5.41, 5.74) is 5.03. The lowest BCUT2D eigenvalue weighted by atomic mass is 10.1. The van der Waals surface area contributed by atoms with Crippen LogP contribution in [0.5, 0.6) is 0 Å². The molecule has 1 aromatic heterocycles. The smallest absolute Gasteiger partial charge is 0.228 e. The minimum atomic E-state index is -0.0460. The molecule has 4 heteroatoms. The van der Waals surface area contributed by atoms with Gasteiger partial charge in [-0.2, -0.15) is 0 Å². The number of benzene rings is 2. The van der Waals surface area contributed by atoms with Crippen LogP contribution in [0.15, 0.2) is 66.9 Å². The summed E-state index contributed by atoms with van der Waals surface area (Å²) in [6.07, 6.45) is 2.02. The van der Waals surface area contributed by atoms with Gasteiger partial charge in [-0.25, -0.2) is 4.98 Å². The molecule has 0 radical (unpaired) electrons. The number of carbonyl (C=O) groups excluding carboxylic acids is 1. The van der Waals surface area contributed by atoms with Crippen LogP contribution in [0.2, 0.25) is 0 Å². The van der Waals surface area contributed by atoms with Crippen LogP contribution in [-0.4, -0.2) is 10.9 Å². The second-order valence-corrected chi connectivity index (χ2v) is 6.07. The molecule has 0 aliphatic rings. The van der Waals surface area contributed by atoms with Gasteiger partial charge in [0.25, 0.3) is 0 Å². The molecule has 126 valence electrons. The Balaban J connectivity index is 1.59. The molecule has 25 heavy (non-hydrogen) atoms. The van der Waals surface area contributed by atoms with Gasteiger partial charge in [-0.05, 0) is 49.2 Å². The van der Waals surface area contributed by atoms with Crippen molar-refractivity contribution in [2.24, 2.45) is 0 Å². The number of nitrogens with one attached hydrogen (secondary N) is 2. The zero-order valence-electron chi connectivity index (χ0n) is 14.4. The Kier molecular flexibility index (Phi) is 5.09. The summed E-state index contributed by atoms with van der Waals surface area (Å²) in [7, 11) is 0. The molecule has 2 N–H and O–H groups in total. The van der Waals surface area contributed by atoms with Crippen molar-refractivity contribution in [3.63, 3.8) is 0 Å². The topological polar surface area (TPSA) is 54.0 Å². The van der Waals surface area contributed by atoms with E-state index in [9.17, 15) is 4.79 Å². The molecule has 0 saturated heterocycles. The number of pyridine rings is 1. The Morgan fingerprint density at radius 3 is 2.32 bits per heavy atom. The van der Waals surface area contributed by atoms with Gasteiger partial charge in [0.2, 0.25) is 5.91 Å². The van der Waals surface area contributed by atoms with E-state index in [1.54, 1.807) is 6.20 Å². The Bertz CT molecular complexity index is 855. The fraction of sp³-hybridized carbons (Fsp3) is 0.143. The van der Waals surface area contributed by atoms with Gasteiger partial charge in [-0.15, -0.1) is 0 Å². The molecule has 3 rings (SSSR count). The fourth-order valence-corrected chi connectivity index (χ4v) is 2.51. The number of hydrogen-bond acceptors (Lipinski definition) is 3. The fourth-order valence-electron chi connectivity index (χ4n) is 2.51. The third-order valence-electron chi connectivity index (χ3n) is 3.98. The molecule has 0 saturated carbocycles. The molecule has 0 aliphatic carbocycles. The maximum atomic E-state index is 12.2. The van der Waals surface area contributed by atoms with Gasteiger partial charge in [0.05, 0.1) is 18.3 Å². The van der Waals surface area contributed by atoms with E-state index in [4.69, 9.17) is 0 Å². The van der Waals surface area contributed by atoms with Crippen molar-refractivity contribution in [3.8, 4) is 0 Å². The predicted molar refractivity (Wildman–Crippen MR) is 102 cm³/mol. The number of rotatable bonds is 5. The van der Waals surface area contributed by atoms with E-state index in [0.717, 1.165) is 22.6 Å². The first-order chi connectivity index (χ1) is 12.1. The maximum absolute atomic E-state index is 12.2. The zero-order chi connectivity index (χ0) is 17.6. The van der Waals surface area contributed by atoms with Gasteiger partial charge in [0.1, 0.15) is 5.82 Å². The molecule has 0 aliphatic heterocycles. The zero-order valence-corrected chi connectivity index (χ0v) is 14.4. The minimum absolute atomic E-state index is 0.0460. The summed E-state index contributed by atoms with van der Waals surface area (Å²) in [5.74, 6) is 0.691. The number of aryl methyl sites for hydroxylation is 2. The molecule has 0 bridgehead atoms. The molecule has 0 spiro atoms. The highest BCUT2D eigenvalue weighted by Crippen LogP contribution is 2.17. The monoisotopic (exact) mass is 331 g/mol. The van der Waals surface area contributed by atoms with Crippen molar-refractivity contribution in [1.82, 2.24) is 4.98 Å². The standard InChI is InChI=1S/C21H21N3O/c1-15-7-9-18(10-8-15)23-20-12-11-19(14-22-20)24-21(25)13-17-6-4-3-5-16(17)2/h3-12,14H,13H2,1-2H3,(H,22,23)(H,24,25). The Hall–Kier alpha value is -3.14. The van der Waals surface area contributed by atoms with Gasteiger partial charge in [0.15, 0.2) is 0 Å². The maximum Gasteiger partial charge on any atom is 0.228 e. The van der Waals surface area contributed by atoms with Gasteiger partial charge in [-0.1, -0.05) is 42.0 Å². The van der Waals surface area contributed by atoms with Crippen LogP contribution in [0.25, 0.3) is 0 Å². The number of amides is 1. The molecule has 4 nitrogen and oxygen atoms in total. The van der Waals surface area contributed by atoms with Crippen LogP contribution >= 0.6 is 0 Å². The van der Waals surface area contributed by atoms with E-state index < -0.39 is 0 Å². The summed E-state index contributed by atoms with van der Waals surface area (Å²) in [6.45, 7) is 4.06. The van der Waals surface area contributed by atoms with Crippen molar-refractivity contribution < 1.29 is 4.79 Å². The van der Waals surface area contributed by atoms with Crippen LogP contribution in [0.3, 0.4) is 0 Å². The lowest BCUT2D eigenvalue weighted by Crippen LogP contribution is -2.15. The van der Waals surface area contributed by atoms with Crippen LogP contribution in [0.1, 0.15) is 16.7 Å². The largest absolute Gasteiger partial charge is 0.340 e.